The largest absolute Gasteiger partial charge is 0.319 e. The third-order valence-corrected chi connectivity index (χ3v) is 3.39. The number of rotatable bonds is 3. The standard InChI is InChI=1S/C13H7BrClFN2O3/c14-7-1-4-12(11(16)5-7)17-13(19)9-3-2-8(18(20)21)6-10(9)15/h1-6H,(H,17,19). The van der Waals surface area contributed by atoms with Crippen LogP contribution in [0, 0.1) is 15.9 Å². The normalized spacial score (nSPS) is 10.2. The molecule has 0 aliphatic rings. The highest BCUT2D eigenvalue weighted by Crippen LogP contribution is 2.25. The summed E-state index contributed by atoms with van der Waals surface area (Å²) in [5.74, 6) is -1.27. The van der Waals surface area contributed by atoms with Crippen molar-refractivity contribution < 1.29 is 14.1 Å². The average Bonchev–Trinajstić information content (AvgIpc) is 2.41. The molecule has 0 saturated heterocycles. The van der Waals surface area contributed by atoms with Crippen molar-refractivity contribution in [2.45, 2.75) is 0 Å². The number of carbonyl (C=O) groups excluding carboxylic acids is 1. The molecule has 2 aromatic carbocycles. The SMILES string of the molecule is O=C(Nc1ccc(Br)cc1F)c1ccc([N+](=O)[O-])cc1Cl. The predicted molar refractivity (Wildman–Crippen MR) is 80.2 cm³/mol. The molecule has 8 heteroatoms. The molecule has 108 valence electrons. The maximum Gasteiger partial charge on any atom is 0.270 e. The minimum absolute atomic E-state index is 0.0161. The van der Waals surface area contributed by atoms with E-state index in [1.165, 1.54) is 18.2 Å². The van der Waals surface area contributed by atoms with Crippen LogP contribution in [-0.2, 0) is 0 Å². The number of amides is 1. The van der Waals surface area contributed by atoms with E-state index in [-0.39, 0.29) is 22.0 Å². The fourth-order valence-corrected chi connectivity index (χ4v) is 2.18. The van der Waals surface area contributed by atoms with Gasteiger partial charge in [-0.25, -0.2) is 4.39 Å². The molecular formula is C13H7BrClFN2O3. The first-order valence-electron chi connectivity index (χ1n) is 5.59. The van der Waals surface area contributed by atoms with E-state index in [1.807, 2.05) is 0 Å². The van der Waals surface area contributed by atoms with Crippen LogP contribution in [-0.4, -0.2) is 10.8 Å². The highest BCUT2D eigenvalue weighted by Gasteiger charge is 2.16. The van der Waals surface area contributed by atoms with Crippen LogP contribution in [0.25, 0.3) is 0 Å². The maximum absolute atomic E-state index is 13.6. The van der Waals surface area contributed by atoms with E-state index in [2.05, 4.69) is 21.2 Å². The number of anilines is 1. The summed E-state index contributed by atoms with van der Waals surface area (Å²) < 4.78 is 14.2. The molecule has 1 N–H and O–H groups in total. The zero-order valence-electron chi connectivity index (χ0n) is 10.3. The van der Waals surface area contributed by atoms with Gasteiger partial charge in [0.25, 0.3) is 11.6 Å². The lowest BCUT2D eigenvalue weighted by Crippen LogP contribution is -2.13. The smallest absolute Gasteiger partial charge is 0.270 e. The fourth-order valence-electron chi connectivity index (χ4n) is 1.58. The van der Waals surface area contributed by atoms with Crippen LogP contribution in [0.4, 0.5) is 15.8 Å². The van der Waals surface area contributed by atoms with Gasteiger partial charge >= 0.3 is 0 Å². The molecular weight excluding hydrogens is 367 g/mol. The van der Waals surface area contributed by atoms with E-state index >= 15 is 0 Å². The molecule has 0 radical (unpaired) electrons. The Morgan fingerprint density at radius 2 is 2.00 bits per heavy atom. The molecule has 5 nitrogen and oxygen atoms in total. The Hall–Kier alpha value is -1.99. The molecule has 0 unspecified atom stereocenters. The summed E-state index contributed by atoms with van der Waals surface area (Å²) in [6.45, 7) is 0. The van der Waals surface area contributed by atoms with Crippen molar-refractivity contribution in [3.8, 4) is 0 Å². The van der Waals surface area contributed by atoms with Crippen molar-refractivity contribution in [2.24, 2.45) is 0 Å². The maximum atomic E-state index is 13.6. The van der Waals surface area contributed by atoms with Gasteiger partial charge in [-0.2, -0.15) is 0 Å². The Kier molecular flexibility index (Phi) is 4.54. The van der Waals surface area contributed by atoms with Crippen molar-refractivity contribution in [2.75, 3.05) is 5.32 Å². The van der Waals surface area contributed by atoms with E-state index < -0.39 is 16.6 Å². The van der Waals surface area contributed by atoms with Crippen LogP contribution < -0.4 is 5.32 Å². The number of hydrogen-bond donors (Lipinski definition) is 1. The number of nitro groups is 1. The third-order valence-electron chi connectivity index (χ3n) is 2.59. The highest BCUT2D eigenvalue weighted by molar-refractivity contribution is 9.10. The van der Waals surface area contributed by atoms with Crippen LogP contribution >= 0.6 is 27.5 Å². The molecule has 0 spiro atoms. The van der Waals surface area contributed by atoms with E-state index in [4.69, 9.17) is 11.6 Å². The molecule has 0 aliphatic carbocycles. The second-order valence-corrected chi connectivity index (χ2v) is 5.32. The quantitative estimate of drug-likeness (QED) is 0.640. The molecule has 0 bridgehead atoms. The minimum atomic E-state index is -0.656. The van der Waals surface area contributed by atoms with Gasteiger partial charge in [0.1, 0.15) is 5.82 Å². The van der Waals surface area contributed by atoms with E-state index in [1.54, 1.807) is 6.07 Å². The second-order valence-electron chi connectivity index (χ2n) is 4.00. The van der Waals surface area contributed by atoms with Crippen LogP contribution in [0.3, 0.4) is 0 Å². The van der Waals surface area contributed by atoms with Gasteiger partial charge in [-0.05, 0) is 24.3 Å². The van der Waals surface area contributed by atoms with Gasteiger partial charge in [-0.15, -0.1) is 0 Å². The van der Waals surface area contributed by atoms with Gasteiger partial charge in [-0.3, -0.25) is 14.9 Å². The van der Waals surface area contributed by atoms with Crippen molar-refractivity contribution in [1.82, 2.24) is 0 Å². The summed E-state index contributed by atoms with van der Waals surface area (Å²) in [5.41, 5.74) is -0.228. The van der Waals surface area contributed by atoms with Crippen molar-refractivity contribution in [3.05, 3.63) is 67.4 Å². The first kappa shape index (κ1) is 15.4. The van der Waals surface area contributed by atoms with E-state index in [9.17, 15) is 19.3 Å². The first-order valence-corrected chi connectivity index (χ1v) is 6.76. The number of nitrogens with one attached hydrogen (secondary N) is 1. The Bertz CT molecular complexity index is 739. The third kappa shape index (κ3) is 3.56. The topological polar surface area (TPSA) is 72.2 Å². The molecule has 1 amide bonds. The number of halogens is 3. The number of nitrogens with zero attached hydrogens (tertiary/aromatic N) is 1. The van der Waals surface area contributed by atoms with Gasteiger partial charge < -0.3 is 5.32 Å². The molecule has 0 saturated carbocycles. The summed E-state index contributed by atoms with van der Waals surface area (Å²) in [7, 11) is 0. The molecule has 0 aromatic heterocycles. The van der Waals surface area contributed by atoms with Crippen molar-refractivity contribution in [1.29, 1.82) is 0 Å². The van der Waals surface area contributed by atoms with Crippen LogP contribution in [0.15, 0.2) is 40.9 Å². The average molecular weight is 374 g/mol. The molecule has 0 aliphatic heterocycles. The number of carbonyl (C=O) groups is 1. The number of hydrogen-bond acceptors (Lipinski definition) is 3. The van der Waals surface area contributed by atoms with Gasteiger partial charge in [0.05, 0.1) is 21.2 Å². The van der Waals surface area contributed by atoms with Crippen LogP contribution in [0.2, 0.25) is 5.02 Å². The van der Waals surface area contributed by atoms with Gasteiger partial charge in [-0.1, -0.05) is 27.5 Å². The Labute approximate surface area is 132 Å². The minimum Gasteiger partial charge on any atom is -0.319 e. The van der Waals surface area contributed by atoms with Crippen molar-refractivity contribution in [3.63, 3.8) is 0 Å². The lowest BCUT2D eigenvalue weighted by atomic mass is 10.2. The Balaban J connectivity index is 2.26. The predicted octanol–water partition coefficient (Wildman–Crippen LogP) is 4.40. The molecule has 0 heterocycles. The van der Waals surface area contributed by atoms with Crippen molar-refractivity contribution >= 4 is 44.8 Å². The lowest BCUT2D eigenvalue weighted by molar-refractivity contribution is -0.384. The monoisotopic (exact) mass is 372 g/mol. The van der Waals surface area contributed by atoms with Crippen LogP contribution in [0.5, 0.6) is 0 Å². The lowest BCUT2D eigenvalue weighted by Gasteiger charge is -2.08. The molecule has 21 heavy (non-hydrogen) atoms. The summed E-state index contributed by atoms with van der Waals surface area (Å²) in [6.07, 6.45) is 0. The second kappa shape index (κ2) is 6.19. The van der Waals surface area contributed by atoms with Crippen LogP contribution in [0.1, 0.15) is 10.4 Å². The van der Waals surface area contributed by atoms with Gasteiger partial charge in [0, 0.05) is 16.6 Å². The molecule has 2 rings (SSSR count). The number of non-ortho nitro benzene ring substituents is 1. The van der Waals surface area contributed by atoms with Gasteiger partial charge in [0.15, 0.2) is 0 Å². The Morgan fingerprint density at radius 1 is 1.29 bits per heavy atom. The molecule has 0 fully saturated rings. The Morgan fingerprint density at radius 3 is 2.57 bits per heavy atom. The summed E-state index contributed by atoms with van der Waals surface area (Å²) in [4.78, 5) is 22.0. The molecule has 0 atom stereocenters. The summed E-state index contributed by atoms with van der Waals surface area (Å²) in [5, 5.41) is 12.9. The fraction of sp³-hybridized carbons (Fsp3) is 0. The van der Waals surface area contributed by atoms with E-state index in [0.29, 0.717) is 4.47 Å². The zero-order valence-corrected chi connectivity index (χ0v) is 12.6. The van der Waals surface area contributed by atoms with E-state index in [0.717, 1.165) is 12.1 Å². The highest BCUT2D eigenvalue weighted by atomic mass is 79.9. The zero-order chi connectivity index (χ0) is 15.6. The molecule has 2 aromatic rings. The summed E-state index contributed by atoms with van der Waals surface area (Å²) in [6, 6.07) is 7.58. The summed E-state index contributed by atoms with van der Waals surface area (Å²) >= 11 is 8.94. The number of nitro benzene ring substituents is 1. The number of benzene rings is 2. The first-order chi connectivity index (χ1) is 9.88. The van der Waals surface area contributed by atoms with Gasteiger partial charge in [0.2, 0.25) is 0 Å².